The number of rotatable bonds is 6. The summed E-state index contributed by atoms with van der Waals surface area (Å²) in [7, 11) is 0. The van der Waals surface area contributed by atoms with Gasteiger partial charge in [-0.1, -0.05) is 33.1 Å². The van der Waals surface area contributed by atoms with E-state index in [1.165, 1.54) is 44.9 Å². The van der Waals surface area contributed by atoms with Crippen molar-refractivity contribution in [3.05, 3.63) is 0 Å². The molecule has 1 heteroatoms. The van der Waals surface area contributed by atoms with E-state index in [4.69, 9.17) is 0 Å². The van der Waals surface area contributed by atoms with Gasteiger partial charge in [0.1, 0.15) is 0 Å². The highest BCUT2D eigenvalue weighted by molar-refractivity contribution is 4.78. The van der Waals surface area contributed by atoms with E-state index in [9.17, 15) is 0 Å². The van der Waals surface area contributed by atoms with E-state index < -0.39 is 0 Å². The molecule has 0 radical (unpaired) electrons. The molecule has 0 aromatic carbocycles. The number of nitrogens with one attached hydrogen (secondary N) is 1. The summed E-state index contributed by atoms with van der Waals surface area (Å²) >= 11 is 0. The zero-order valence-corrected chi connectivity index (χ0v) is 11.8. The van der Waals surface area contributed by atoms with E-state index in [1.807, 2.05) is 0 Å². The maximum absolute atomic E-state index is 3.80. The van der Waals surface area contributed by atoms with Gasteiger partial charge in [0.25, 0.3) is 0 Å². The molecule has 0 amide bonds. The predicted octanol–water partition coefficient (Wildman–Crippen LogP) is 4.37. The molecule has 1 unspecified atom stereocenters. The third-order valence-electron chi connectivity index (χ3n) is 4.08. The van der Waals surface area contributed by atoms with Crippen LogP contribution in [-0.4, -0.2) is 12.1 Å². The Morgan fingerprint density at radius 1 is 0.938 bits per heavy atom. The van der Waals surface area contributed by atoms with Crippen molar-refractivity contribution in [2.24, 2.45) is 11.8 Å². The normalized spacial score (nSPS) is 22.3. The molecule has 1 rings (SSSR count). The molecule has 1 fully saturated rings. The zero-order chi connectivity index (χ0) is 12.0. The molecule has 1 saturated carbocycles. The van der Waals surface area contributed by atoms with E-state index >= 15 is 0 Å². The van der Waals surface area contributed by atoms with Gasteiger partial charge in [0.2, 0.25) is 0 Å². The molecule has 0 spiro atoms. The Kier molecular flexibility index (Phi) is 6.41. The van der Waals surface area contributed by atoms with Gasteiger partial charge in [0, 0.05) is 12.1 Å². The highest BCUT2D eigenvalue weighted by atomic mass is 14.9. The molecule has 2 atom stereocenters. The van der Waals surface area contributed by atoms with Crippen LogP contribution in [0.2, 0.25) is 0 Å². The third-order valence-corrected chi connectivity index (χ3v) is 4.08. The van der Waals surface area contributed by atoms with Gasteiger partial charge in [-0.05, 0) is 51.4 Å². The van der Waals surface area contributed by atoms with Gasteiger partial charge in [-0.15, -0.1) is 0 Å². The first-order chi connectivity index (χ1) is 7.59. The summed E-state index contributed by atoms with van der Waals surface area (Å²) in [5, 5.41) is 3.80. The molecule has 0 bridgehead atoms. The van der Waals surface area contributed by atoms with Gasteiger partial charge in [0.15, 0.2) is 0 Å². The van der Waals surface area contributed by atoms with Gasteiger partial charge in [-0.25, -0.2) is 0 Å². The second kappa shape index (κ2) is 7.32. The minimum atomic E-state index is 0.694. The molecule has 96 valence electrons. The highest BCUT2D eigenvalue weighted by Crippen LogP contribution is 2.26. The molecular formula is C15H31N. The van der Waals surface area contributed by atoms with Crippen molar-refractivity contribution < 1.29 is 0 Å². The number of hydrogen-bond donors (Lipinski definition) is 1. The van der Waals surface area contributed by atoms with Crippen molar-refractivity contribution in [2.45, 2.75) is 84.7 Å². The molecular weight excluding hydrogens is 194 g/mol. The minimum absolute atomic E-state index is 0.694. The van der Waals surface area contributed by atoms with Crippen LogP contribution in [-0.2, 0) is 0 Å². The molecule has 0 saturated heterocycles. The Morgan fingerprint density at radius 2 is 1.56 bits per heavy atom. The zero-order valence-electron chi connectivity index (χ0n) is 11.8. The highest BCUT2D eigenvalue weighted by Gasteiger charge is 2.20. The molecule has 0 aromatic rings. The fourth-order valence-electron chi connectivity index (χ4n) is 2.89. The Labute approximate surface area is 102 Å². The van der Waals surface area contributed by atoms with Crippen LogP contribution in [0.5, 0.6) is 0 Å². The SMILES string of the molecule is CC(C)CCC(C)N[C@H](C)C1CCCCC1. The summed E-state index contributed by atoms with van der Waals surface area (Å²) in [4.78, 5) is 0. The Morgan fingerprint density at radius 3 is 2.12 bits per heavy atom. The summed E-state index contributed by atoms with van der Waals surface area (Å²) in [5.41, 5.74) is 0. The van der Waals surface area contributed by atoms with Gasteiger partial charge in [-0.2, -0.15) is 0 Å². The minimum Gasteiger partial charge on any atom is -0.312 e. The van der Waals surface area contributed by atoms with E-state index in [2.05, 4.69) is 33.0 Å². The maximum atomic E-state index is 3.80. The topological polar surface area (TPSA) is 12.0 Å². The van der Waals surface area contributed by atoms with Crippen molar-refractivity contribution >= 4 is 0 Å². The summed E-state index contributed by atoms with van der Waals surface area (Å²) < 4.78 is 0. The molecule has 0 aromatic heterocycles. The van der Waals surface area contributed by atoms with E-state index in [1.54, 1.807) is 0 Å². The Hall–Kier alpha value is -0.0400. The van der Waals surface area contributed by atoms with Crippen molar-refractivity contribution in [2.75, 3.05) is 0 Å². The monoisotopic (exact) mass is 225 g/mol. The van der Waals surface area contributed by atoms with Gasteiger partial charge >= 0.3 is 0 Å². The first-order valence-electron chi connectivity index (χ1n) is 7.35. The van der Waals surface area contributed by atoms with Crippen LogP contribution in [0.1, 0.15) is 72.6 Å². The quantitative estimate of drug-likeness (QED) is 0.708. The molecule has 16 heavy (non-hydrogen) atoms. The lowest BCUT2D eigenvalue weighted by atomic mass is 9.84. The average Bonchev–Trinajstić information content (AvgIpc) is 2.27. The molecule has 1 aliphatic carbocycles. The van der Waals surface area contributed by atoms with Crippen molar-refractivity contribution in [3.63, 3.8) is 0 Å². The molecule has 0 heterocycles. The van der Waals surface area contributed by atoms with Crippen molar-refractivity contribution in [1.29, 1.82) is 0 Å². The Balaban J connectivity index is 2.18. The predicted molar refractivity (Wildman–Crippen MR) is 72.7 cm³/mol. The lowest BCUT2D eigenvalue weighted by Crippen LogP contribution is -2.40. The summed E-state index contributed by atoms with van der Waals surface area (Å²) in [6.45, 7) is 9.37. The Bertz CT molecular complexity index is 170. The van der Waals surface area contributed by atoms with Gasteiger partial charge in [-0.3, -0.25) is 0 Å². The standard InChI is InChI=1S/C15H31N/c1-12(2)10-11-13(3)16-14(4)15-8-6-5-7-9-15/h12-16H,5-11H2,1-4H3/t13?,14-/m1/s1. The van der Waals surface area contributed by atoms with Crippen molar-refractivity contribution in [3.8, 4) is 0 Å². The second-order valence-corrected chi connectivity index (χ2v) is 6.23. The van der Waals surface area contributed by atoms with Gasteiger partial charge in [0.05, 0.1) is 0 Å². The molecule has 1 N–H and O–H groups in total. The maximum Gasteiger partial charge on any atom is 0.00694 e. The summed E-state index contributed by atoms with van der Waals surface area (Å²) in [6.07, 6.45) is 9.96. The molecule has 1 nitrogen and oxygen atoms in total. The smallest absolute Gasteiger partial charge is 0.00694 e. The van der Waals surface area contributed by atoms with E-state index in [0.29, 0.717) is 6.04 Å². The fourth-order valence-corrected chi connectivity index (χ4v) is 2.89. The number of hydrogen-bond acceptors (Lipinski definition) is 1. The van der Waals surface area contributed by atoms with E-state index in [0.717, 1.165) is 17.9 Å². The van der Waals surface area contributed by atoms with Crippen LogP contribution >= 0.6 is 0 Å². The summed E-state index contributed by atoms with van der Waals surface area (Å²) in [5.74, 6) is 1.78. The van der Waals surface area contributed by atoms with Crippen LogP contribution in [0, 0.1) is 11.8 Å². The lowest BCUT2D eigenvalue weighted by Gasteiger charge is -2.31. The molecule has 0 aliphatic heterocycles. The van der Waals surface area contributed by atoms with Crippen LogP contribution in [0.3, 0.4) is 0 Å². The van der Waals surface area contributed by atoms with Crippen LogP contribution in [0.15, 0.2) is 0 Å². The van der Waals surface area contributed by atoms with Crippen LogP contribution in [0.4, 0.5) is 0 Å². The molecule has 1 aliphatic rings. The lowest BCUT2D eigenvalue weighted by molar-refractivity contribution is 0.261. The first kappa shape index (κ1) is 14.0. The van der Waals surface area contributed by atoms with Crippen LogP contribution in [0.25, 0.3) is 0 Å². The second-order valence-electron chi connectivity index (χ2n) is 6.23. The fraction of sp³-hybridized carbons (Fsp3) is 1.00. The van der Waals surface area contributed by atoms with E-state index in [-0.39, 0.29) is 0 Å². The van der Waals surface area contributed by atoms with Crippen molar-refractivity contribution in [1.82, 2.24) is 5.32 Å². The third kappa shape index (κ3) is 5.34. The largest absolute Gasteiger partial charge is 0.312 e. The van der Waals surface area contributed by atoms with Crippen LogP contribution < -0.4 is 5.32 Å². The van der Waals surface area contributed by atoms with Gasteiger partial charge < -0.3 is 5.32 Å². The summed E-state index contributed by atoms with van der Waals surface area (Å²) in [6, 6.07) is 1.42. The average molecular weight is 225 g/mol. The first-order valence-corrected chi connectivity index (χ1v) is 7.35.